The van der Waals surface area contributed by atoms with Gasteiger partial charge < -0.3 is 9.84 Å². The lowest BCUT2D eigenvalue weighted by molar-refractivity contribution is 0.133. The van der Waals surface area contributed by atoms with Crippen LogP contribution in [0.5, 0.6) is 5.75 Å². The zero-order valence-corrected chi connectivity index (χ0v) is 7.37. The summed E-state index contributed by atoms with van der Waals surface area (Å²) in [5, 5.41) is 9.28. The van der Waals surface area contributed by atoms with E-state index in [0.29, 0.717) is 18.9 Å². The maximum absolute atomic E-state index is 9.28. The Morgan fingerprint density at radius 2 is 2.33 bits per heavy atom. The summed E-state index contributed by atoms with van der Waals surface area (Å²) in [5.41, 5.74) is 1.55. The molecule has 66 valence electrons. The van der Waals surface area contributed by atoms with Crippen molar-refractivity contribution in [1.82, 2.24) is 4.98 Å². The maximum Gasteiger partial charge on any atom is 0.137 e. The van der Waals surface area contributed by atoms with E-state index in [9.17, 15) is 5.11 Å². The zero-order chi connectivity index (χ0) is 8.97. The fourth-order valence-electron chi connectivity index (χ4n) is 0.862. The van der Waals surface area contributed by atoms with Gasteiger partial charge in [-0.05, 0) is 25.5 Å². The van der Waals surface area contributed by atoms with Crippen LogP contribution in [0, 0.1) is 6.92 Å². The van der Waals surface area contributed by atoms with Gasteiger partial charge in [-0.3, -0.25) is 4.98 Å². The van der Waals surface area contributed by atoms with Gasteiger partial charge in [0.2, 0.25) is 0 Å². The molecule has 0 amide bonds. The normalized spacial score (nSPS) is 10.2. The minimum Gasteiger partial charge on any atom is -0.506 e. The van der Waals surface area contributed by atoms with Gasteiger partial charge in [0.25, 0.3) is 0 Å². The van der Waals surface area contributed by atoms with Crippen LogP contribution in [-0.2, 0) is 11.3 Å². The van der Waals surface area contributed by atoms with E-state index in [-0.39, 0.29) is 5.75 Å². The molecule has 1 rings (SSSR count). The molecule has 0 saturated carbocycles. The first-order chi connectivity index (χ1) is 5.74. The summed E-state index contributed by atoms with van der Waals surface area (Å²) in [5.74, 6) is 0.229. The molecule has 3 heteroatoms. The lowest BCUT2D eigenvalue weighted by Crippen LogP contribution is -1.93. The molecule has 0 radical (unpaired) electrons. The zero-order valence-electron chi connectivity index (χ0n) is 7.37. The molecule has 0 spiro atoms. The van der Waals surface area contributed by atoms with Gasteiger partial charge in [0.05, 0.1) is 12.3 Å². The number of ether oxygens (including phenoxy) is 1. The Bertz CT molecular complexity index is 261. The van der Waals surface area contributed by atoms with Crippen molar-refractivity contribution in [2.24, 2.45) is 0 Å². The first-order valence-corrected chi connectivity index (χ1v) is 3.96. The minimum atomic E-state index is 0.229. The largest absolute Gasteiger partial charge is 0.506 e. The van der Waals surface area contributed by atoms with Crippen LogP contribution in [0.15, 0.2) is 12.3 Å². The SMILES string of the molecule is CCOCc1cnc(C)c(O)c1. The van der Waals surface area contributed by atoms with Gasteiger partial charge in [0, 0.05) is 12.8 Å². The average molecular weight is 167 g/mol. The summed E-state index contributed by atoms with van der Waals surface area (Å²) >= 11 is 0. The summed E-state index contributed by atoms with van der Waals surface area (Å²) in [7, 11) is 0. The highest BCUT2D eigenvalue weighted by Crippen LogP contribution is 2.14. The molecular formula is C9H13NO2. The van der Waals surface area contributed by atoms with Crippen molar-refractivity contribution in [3.8, 4) is 5.75 Å². The number of pyridine rings is 1. The molecule has 0 aromatic carbocycles. The summed E-state index contributed by atoms with van der Waals surface area (Å²) in [6, 6.07) is 1.68. The second kappa shape index (κ2) is 4.07. The second-order valence-electron chi connectivity index (χ2n) is 2.59. The third kappa shape index (κ3) is 2.20. The van der Waals surface area contributed by atoms with E-state index in [1.54, 1.807) is 19.2 Å². The molecule has 3 nitrogen and oxygen atoms in total. The summed E-state index contributed by atoms with van der Waals surface area (Å²) in [6.45, 7) is 4.88. The Labute approximate surface area is 72.0 Å². The molecule has 12 heavy (non-hydrogen) atoms. The molecule has 1 aromatic heterocycles. The van der Waals surface area contributed by atoms with Gasteiger partial charge in [-0.15, -0.1) is 0 Å². The average Bonchev–Trinajstić information content (AvgIpc) is 2.07. The van der Waals surface area contributed by atoms with Crippen molar-refractivity contribution in [1.29, 1.82) is 0 Å². The summed E-state index contributed by atoms with van der Waals surface area (Å²) < 4.78 is 5.16. The van der Waals surface area contributed by atoms with Crippen molar-refractivity contribution < 1.29 is 9.84 Å². The summed E-state index contributed by atoms with van der Waals surface area (Å²) in [4.78, 5) is 4.00. The Hall–Kier alpha value is -1.09. The van der Waals surface area contributed by atoms with Gasteiger partial charge in [-0.25, -0.2) is 0 Å². The van der Waals surface area contributed by atoms with E-state index >= 15 is 0 Å². The van der Waals surface area contributed by atoms with Crippen LogP contribution in [-0.4, -0.2) is 16.7 Å². The van der Waals surface area contributed by atoms with Crippen LogP contribution in [0.3, 0.4) is 0 Å². The monoisotopic (exact) mass is 167 g/mol. The van der Waals surface area contributed by atoms with E-state index < -0.39 is 0 Å². The number of hydrogen-bond acceptors (Lipinski definition) is 3. The number of hydrogen-bond donors (Lipinski definition) is 1. The molecule has 0 unspecified atom stereocenters. The van der Waals surface area contributed by atoms with Gasteiger partial charge in [0.15, 0.2) is 0 Å². The Kier molecular flexibility index (Phi) is 3.05. The fourth-order valence-corrected chi connectivity index (χ4v) is 0.862. The van der Waals surface area contributed by atoms with Gasteiger partial charge in [0.1, 0.15) is 5.75 Å². The van der Waals surface area contributed by atoms with Crippen LogP contribution in [0.4, 0.5) is 0 Å². The molecule has 0 saturated heterocycles. The molecule has 0 aliphatic heterocycles. The lowest BCUT2D eigenvalue weighted by atomic mass is 10.2. The van der Waals surface area contributed by atoms with Crippen LogP contribution >= 0.6 is 0 Å². The number of aromatic hydroxyl groups is 1. The maximum atomic E-state index is 9.28. The number of aromatic nitrogens is 1. The number of aryl methyl sites for hydroxylation is 1. The summed E-state index contributed by atoms with van der Waals surface area (Å²) in [6.07, 6.45) is 1.71. The molecule has 1 aromatic rings. The molecule has 0 fully saturated rings. The van der Waals surface area contributed by atoms with Crippen LogP contribution in [0.1, 0.15) is 18.2 Å². The highest BCUT2D eigenvalue weighted by Gasteiger charge is 1.98. The molecule has 0 aliphatic rings. The topological polar surface area (TPSA) is 42.4 Å². The number of rotatable bonds is 3. The molecular weight excluding hydrogens is 154 g/mol. The Morgan fingerprint density at radius 3 is 2.92 bits per heavy atom. The first-order valence-electron chi connectivity index (χ1n) is 3.96. The quantitative estimate of drug-likeness (QED) is 0.744. The second-order valence-corrected chi connectivity index (χ2v) is 2.59. The van der Waals surface area contributed by atoms with Crippen molar-refractivity contribution in [2.45, 2.75) is 20.5 Å². The predicted octanol–water partition coefficient (Wildman–Crippen LogP) is 1.63. The van der Waals surface area contributed by atoms with E-state index in [4.69, 9.17) is 4.74 Å². The standard InChI is InChI=1S/C9H13NO2/c1-3-12-6-8-4-9(11)7(2)10-5-8/h4-5,11H,3,6H2,1-2H3. The third-order valence-electron chi connectivity index (χ3n) is 1.59. The Balaban J connectivity index is 2.69. The number of nitrogens with zero attached hydrogens (tertiary/aromatic N) is 1. The predicted molar refractivity (Wildman–Crippen MR) is 46.0 cm³/mol. The highest BCUT2D eigenvalue weighted by molar-refractivity contribution is 5.28. The van der Waals surface area contributed by atoms with E-state index in [1.807, 2.05) is 6.92 Å². The van der Waals surface area contributed by atoms with Crippen LogP contribution in [0.25, 0.3) is 0 Å². The molecule has 0 atom stereocenters. The molecule has 1 N–H and O–H groups in total. The van der Waals surface area contributed by atoms with E-state index in [0.717, 1.165) is 5.56 Å². The van der Waals surface area contributed by atoms with Gasteiger partial charge in [-0.1, -0.05) is 0 Å². The van der Waals surface area contributed by atoms with Crippen molar-refractivity contribution in [3.63, 3.8) is 0 Å². The van der Waals surface area contributed by atoms with E-state index in [1.165, 1.54) is 0 Å². The molecule has 0 aliphatic carbocycles. The van der Waals surface area contributed by atoms with E-state index in [2.05, 4.69) is 4.98 Å². The van der Waals surface area contributed by atoms with Crippen molar-refractivity contribution in [3.05, 3.63) is 23.5 Å². The molecule has 0 bridgehead atoms. The van der Waals surface area contributed by atoms with Gasteiger partial charge in [-0.2, -0.15) is 0 Å². The smallest absolute Gasteiger partial charge is 0.137 e. The van der Waals surface area contributed by atoms with Gasteiger partial charge >= 0.3 is 0 Å². The highest BCUT2D eigenvalue weighted by atomic mass is 16.5. The van der Waals surface area contributed by atoms with Crippen molar-refractivity contribution >= 4 is 0 Å². The molecule has 1 heterocycles. The third-order valence-corrected chi connectivity index (χ3v) is 1.59. The Morgan fingerprint density at radius 1 is 1.58 bits per heavy atom. The van der Waals surface area contributed by atoms with Crippen LogP contribution < -0.4 is 0 Å². The van der Waals surface area contributed by atoms with Crippen LogP contribution in [0.2, 0.25) is 0 Å². The lowest BCUT2D eigenvalue weighted by Gasteiger charge is -2.02. The minimum absolute atomic E-state index is 0.229. The first kappa shape index (κ1) is 9.00. The fraction of sp³-hybridized carbons (Fsp3) is 0.444. The van der Waals surface area contributed by atoms with Crippen molar-refractivity contribution in [2.75, 3.05) is 6.61 Å².